The number of thioether (sulfide) groups is 1. The molecule has 0 aliphatic rings. The number of ether oxygens (including phenoxy) is 1. The first-order valence-corrected chi connectivity index (χ1v) is 6.02. The Morgan fingerprint density at radius 3 is 2.81 bits per heavy atom. The van der Waals surface area contributed by atoms with Crippen LogP contribution in [-0.2, 0) is 4.74 Å². The topological polar surface area (TPSA) is 59.6 Å². The summed E-state index contributed by atoms with van der Waals surface area (Å²) in [6.07, 6.45) is 0. The lowest BCUT2D eigenvalue weighted by Crippen LogP contribution is -2.32. The van der Waals surface area contributed by atoms with E-state index in [2.05, 4.69) is 22.6 Å². The van der Waals surface area contributed by atoms with Gasteiger partial charge in [0.1, 0.15) is 5.84 Å². The zero-order valence-electron chi connectivity index (χ0n) is 9.35. The predicted octanol–water partition coefficient (Wildman–Crippen LogP) is 1.29. The molecule has 0 aromatic heterocycles. The first kappa shape index (κ1) is 13.0. The van der Waals surface area contributed by atoms with Crippen LogP contribution < -0.4 is 11.3 Å². The maximum Gasteiger partial charge on any atom is 0.121 e. The first-order valence-electron chi connectivity index (χ1n) is 5.03. The van der Waals surface area contributed by atoms with E-state index in [1.54, 1.807) is 18.9 Å². The molecule has 3 N–H and O–H groups in total. The number of rotatable bonds is 6. The second kappa shape index (κ2) is 8.15. The minimum Gasteiger partial charge on any atom is -0.383 e. The van der Waals surface area contributed by atoms with Gasteiger partial charge in [0.25, 0.3) is 0 Å². The molecule has 0 spiro atoms. The fraction of sp³-hybridized carbons (Fsp3) is 0.364. The summed E-state index contributed by atoms with van der Waals surface area (Å²) in [5.41, 5.74) is 2.60. The van der Waals surface area contributed by atoms with Crippen LogP contribution in [0.3, 0.4) is 0 Å². The number of amidine groups is 1. The molecule has 88 valence electrons. The van der Waals surface area contributed by atoms with Gasteiger partial charge in [0.05, 0.1) is 18.9 Å². The van der Waals surface area contributed by atoms with E-state index in [0.717, 1.165) is 11.6 Å². The largest absolute Gasteiger partial charge is 0.383 e. The maximum absolute atomic E-state index is 5.38. The van der Waals surface area contributed by atoms with Crippen molar-refractivity contribution in [2.45, 2.75) is 4.90 Å². The highest BCUT2D eigenvalue weighted by atomic mass is 32.2. The lowest BCUT2D eigenvalue weighted by Gasteiger charge is -2.05. The van der Waals surface area contributed by atoms with Crippen LogP contribution in [0.5, 0.6) is 0 Å². The number of benzene rings is 1. The zero-order chi connectivity index (χ0) is 11.6. The third-order valence-electron chi connectivity index (χ3n) is 1.88. The van der Waals surface area contributed by atoms with E-state index in [1.807, 2.05) is 18.2 Å². The molecule has 1 aromatic rings. The zero-order valence-corrected chi connectivity index (χ0v) is 10.2. The van der Waals surface area contributed by atoms with E-state index in [0.29, 0.717) is 13.2 Å². The van der Waals surface area contributed by atoms with Gasteiger partial charge in [-0.1, -0.05) is 18.2 Å². The SMILES string of the molecule is COCCN=C(CSc1ccccc1)NN. The van der Waals surface area contributed by atoms with Crippen molar-refractivity contribution in [2.24, 2.45) is 10.8 Å². The van der Waals surface area contributed by atoms with Crippen LogP contribution in [-0.4, -0.2) is 31.8 Å². The Kier molecular flexibility index (Phi) is 6.64. The average Bonchev–Trinajstić information content (AvgIpc) is 2.35. The summed E-state index contributed by atoms with van der Waals surface area (Å²) >= 11 is 1.70. The normalized spacial score (nSPS) is 11.5. The van der Waals surface area contributed by atoms with Gasteiger partial charge in [-0.15, -0.1) is 11.8 Å². The van der Waals surface area contributed by atoms with Gasteiger partial charge in [-0.05, 0) is 12.1 Å². The predicted molar refractivity (Wildman–Crippen MR) is 68.7 cm³/mol. The van der Waals surface area contributed by atoms with Gasteiger partial charge in [-0.3, -0.25) is 4.99 Å². The van der Waals surface area contributed by atoms with Crippen molar-refractivity contribution >= 4 is 17.6 Å². The van der Waals surface area contributed by atoms with Crippen molar-refractivity contribution in [1.29, 1.82) is 0 Å². The summed E-state index contributed by atoms with van der Waals surface area (Å²) in [6.45, 7) is 1.24. The van der Waals surface area contributed by atoms with Gasteiger partial charge in [-0.2, -0.15) is 0 Å². The van der Waals surface area contributed by atoms with Gasteiger partial charge in [0, 0.05) is 12.0 Å². The van der Waals surface area contributed by atoms with Crippen LogP contribution in [0.1, 0.15) is 0 Å². The van der Waals surface area contributed by atoms with Crippen LogP contribution in [0.2, 0.25) is 0 Å². The second-order valence-corrected chi connectivity index (χ2v) is 4.12. The van der Waals surface area contributed by atoms with E-state index >= 15 is 0 Å². The summed E-state index contributed by atoms with van der Waals surface area (Å²) in [5, 5.41) is 0. The second-order valence-electron chi connectivity index (χ2n) is 3.07. The fourth-order valence-corrected chi connectivity index (χ4v) is 1.90. The minimum absolute atomic E-state index is 0.612. The number of nitrogens with two attached hydrogens (primary N) is 1. The highest BCUT2D eigenvalue weighted by molar-refractivity contribution is 8.00. The van der Waals surface area contributed by atoms with E-state index < -0.39 is 0 Å². The molecule has 0 radical (unpaired) electrons. The molecular weight excluding hydrogens is 222 g/mol. The van der Waals surface area contributed by atoms with Crippen molar-refractivity contribution in [2.75, 3.05) is 26.0 Å². The molecule has 0 saturated heterocycles. The Hall–Kier alpha value is -1.04. The van der Waals surface area contributed by atoms with Crippen LogP contribution in [0.15, 0.2) is 40.2 Å². The van der Waals surface area contributed by atoms with Crippen molar-refractivity contribution < 1.29 is 4.74 Å². The van der Waals surface area contributed by atoms with E-state index in [9.17, 15) is 0 Å². The number of nitrogens with one attached hydrogen (secondary N) is 1. The quantitative estimate of drug-likeness (QED) is 0.196. The Morgan fingerprint density at radius 2 is 2.19 bits per heavy atom. The molecule has 0 aliphatic carbocycles. The molecule has 5 heteroatoms. The number of aliphatic imine (C=N–C) groups is 1. The average molecular weight is 239 g/mol. The number of methoxy groups -OCH3 is 1. The smallest absolute Gasteiger partial charge is 0.121 e. The molecule has 0 aliphatic heterocycles. The van der Waals surface area contributed by atoms with Gasteiger partial charge >= 0.3 is 0 Å². The lowest BCUT2D eigenvalue weighted by atomic mass is 10.4. The Morgan fingerprint density at radius 1 is 1.44 bits per heavy atom. The molecule has 0 unspecified atom stereocenters. The molecule has 4 nitrogen and oxygen atoms in total. The molecule has 0 saturated carbocycles. The molecule has 16 heavy (non-hydrogen) atoms. The highest BCUT2D eigenvalue weighted by Gasteiger charge is 1.98. The standard InChI is InChI=1S/C11H17N3OS/c1-15-8-7-13-11(14-12)9-16-10-5-3-2-4-6-10/h2-6H,7-9,12H2,1H3,(H,13,14). The maximum atomic E-state index is 5.38. The minimum atomic E-state index is 0.612. The van der Waals surface area contributed by atoms with Gasteiger partial charge < -0.3 is 10.2 Å². The van der Waals surface area contributed by atoms with E-state index in [1.165, 1.54) is 4.90 Å². The van der Waals surface area contributed by atoms with E-state index in [4.69, 9.17) is 10.6 Å². The molecule has 0 heterocycles. The number of hydrazine groups is 1. The molecule has 0 bridgehead atoms. The third kappa shape index (κ3) is 5.16. The summed E-state index contributed by atoms with van der Waals surface area (Å²) < 4.78 is 4.92. The molecule has 0 amide bonds. The fourth-order valence-electron chi connectivity index (χ4n) is 1.07. The summed E-state index contributed by atoms with van der Waals surface area (Å²) in [5.74, 6) is 6.91. The molecule has 1 rings (SSSR count). The van der Waals surface area contributed by atoms with Crippen LogP contribution >= 0.6 is 11.8 Å². The van der Waals surface area contributed by atoms with Crippen LogP contribution in [0, 0.1) is 0 Å². The van der Waals surface area contributed by atoms with Gasteiger partial charge in [-0.25, -0.2) is 5.84 Å². The van der Waals surface area contributed by atoms with Gasteiger partial charge in [0.15, 0.2) is 0 Å². The summed E-state index contributed by atoms with van der Waals surface area (Å²) in [6, 6.07) is 10.2. The van der Waals surface area contributed by atoms with Crippen molar-refractivity contribution in [1.82, 2.24) is 5.43 Å². The summed E-state index contributed by atoms with van der Waals surface area (Å²) in [4.78, 5) is 5.49. The van der Waals surface area contributed by atoms with Crippen LogP contribution in [0.25, 0.3) is 0 Å². The Bertz CT molecular complexity index is 316. The molecule has 0 atom stereocenters. The lowest BCUT2D eigenvalue weighted by molar-refractivity contribution is 0.208. The van der Waals surface area contributed by atoms with Gasteiger partial charge in [0.2, 0.25) is 0 Å². The van der Waals surface area contributed by atoms with E-state index in [-0.39, 0.29) is 0 Å². The van der Waals surface area contributed by atoms with Crippen molar-refractivity contribution in [3.05, 3.63) is 30.3 Å². The number of hydrogen-bond donors (Lipinski definition) is 2. The monoisotopic (exact) mass is 239 g/mol. The molecule has 1 aromatic carbocycles. The highest BCUT2D eigenvalue weighted by Crippen LogP contribution is 2.16. The van der Waals surface area contributed by atoms with Crippen molar-refractivity contribution in [3.63, 3.8) is 0 Å². The third-order valence-corrected chi connectivity index (χ3v) is 2.91. The first-order chi connectivity index (χ1) is 7.86. The van der Waals surface area contributed by atoms with Crippen LogP contribution in [0.4, 0.5) is 0 Å². The number of nitrogens with zero attached hydrogens (tertiary/aromatic N) is 1. The Balaban J connectivity index is 2.36. The molecule has 0 fully saturated rings. The Labute approximate surface area is 100 Å². The molecular formula is C11H17N3OS. The number of hydrogen-bond acceptors (Lipinski definition) is 4. The summed E-state index contributed by atoms with van der Waals surface area (Å²) in [7, 11) is 1.66. The van der Waals surface area contributed by atoms with Crippen molar-refractivity contribution in [3.8, 4) is 0 Å².